The quantitative estimate of drug-likeness (QED) is 0.378. The van der Waals surface area contributed by atoms with Crippen LogP contribution in [0.4, 0.5) is 13.2 Å². The van der Waals surface area contributed by atoms with Crippen LogP contribution in [0.15, 0.2) is 83.9 Å². The van der Waals surface area contributed by atoms with Crippen molar-refractivity contribution in [1.82, 2.24) is 19.2 Å². The van der Waals surface area contributed by atoms with E-state index in [2.05, 4.69) is 10.4 Å². The molecule has 2 aromatic carbocycles. The molecule has 1 aliphatic heterocycles. The van der Waals surface area contributed by atoms with Crippen molar-refractivity contribution in [2.75, 3.05) is 13.1 Å². The van der Waals surface area contributed by atoms with Gasteiger partial charge < -0.3 is 5.32 Å². The van der Waals surface area contributed by atoms with E-state index < -0.39 is 33.4 Å². The van der Waals surface area contributed by atoms with Crippen LogP contribution in [0.1, 0.15) is 45.9 Å². The van der Waals surface area contributed by atoms with Crippen LogP contribution >= 0.6 is 0 Å². The van der Waals surface area contributed by atoms with Crippen molar-refractivity contribution in [2.45, 2.75) is 36.4 Å². The summed E-state index contributed by atoms with van der Waals surface area (Å²) in [6.07, 6.45) is -2.40. The third kappa shape index (κ3) is 5.16. The fourth-order valence-corrected chi connectivity index (χ4v) is 6.27. The molecule has 0 unspecified atom stereocenters. The molecule has 0 bridgehead atoms. The number of hydrogen-bond acceptors (Lipinski definition) is 4. The van der Waals surface area contributed by atoms with Crippen LogP contribution in [-0.2, 0) is 22.7 Å². The maximum Gasteiger partial charge on any atom is 0.436 e. The second-order valence-electron chi connectivity index (χ2n) is 9.17. The summed E-state index contributed by atoms with van der Waals surface area (Å²) in [5.74, 6) is -0.941. The van der Waals surface area contributed by atoms with E-state index in [0.717, 1.165) is 15.6 Å². The second-order valence-corrected chi connectivity index (χ2v) is 11.1. The summed E-state index contributed by atoms with van der Waals surface area (Å²) >= 11 is 0. The van der Waals surface area contributed by atoms with Crippen LogP contribution in [0, 0.1) is 0 Å². The number of benzene rings is 2. The van der Waals surface area contributed by atoms with Gasteiger partial charge in [-0.2, -0.15) is 22.6 Å². The third-order valence-electron chi connectivity index (χ3n) is 6.76. The number of halogens is 3. The Morgan fingerprint density at radius 3 is 2.24 bits per heavy atom. The number of sulfonamides is 1. The topological polar surface area (TPSA) is 83.8 Å². The van der Waals surface area contributed by atoms with Gasteiger partial charge in [0.15, 0.2) is 5.69 Å². The summed E-state index contributed by atoms with van der Waals surface area (Å²) in [7, 11) is -3.62. The van der Waals surface area contributed by atoms with Gasteiger partial charge in [-0.1, -0.05) is 48.5 Å². The van der Waals surface area contributed by atoms with Gasteiger partial charge in [-0.3, -0.25) is 4.79 Å². The molecule has 1 saturated heterocycles. The van der Waals surface area contributed by atoms with Crippen molar-refractivity contribution in [3.63, 3.8) is 0 Å². The Hall–Kier alpha value is -3.70. The molecule has 0 spiro atoms. The van der Waals surface area contributed by atoms with E-state index in [4.69, 9.17) is 0 Å². The highest BCUT2D eigenvalue weighted by Crippen LogP contribution is 2.36. The number of amides is 1. The minimum absolute atomic E-state index is 0.0553. The first-order valence-corrected chi connectivity index (χ1v) is 13.6. The minimum Gasteiger partial charge on any atom is -0.348 e. The largest absolute Gasteiger partial charge is 0.436 e. The van der Waals surface area contributed by atoms with E-state index >= 15 is 0 Å². The van der Waals surface area contributed by atoms with Gasteiger partial charge in [-0.15, -0.1) is 0 Å². The van der Waals surface area contributed by atoms with Gasteiger partial charge in [0.2, 0.25) is 10.0 Å². The summed E-state index contributed by atoms with van der Waals surface area (Å²) in [5, 5.41) is 6.24. The standard InChI is InChI=1S/C27H25F3N4O3S/c28-27(29,30)25-24(26(35)31-18-19-7-3-1-4-8-19)23-17-21(13-16-34(23)32-25)20-11-14-33(15-12-20)38(36,37)22-9-5-2-6-10-22/h1-10,13,16-17,20H,11-12,14-15,18H2,(H,31,35). The zero-order valence-corrected chi connectivity index (χ0v) is 21.0. The zero-order chi connectivity index (χ0) is 26.9. The summed E-state index contributed by atoms with van der Waals surface area (Å²) in [5.41, 5.74) is -0.230. The summed E-state index contributed by atoms with van der Waals surface area (Å²) in [6, 6.07) is 20.3. The molecule has 11 heteroatoms. The Kier molecular flexibility index (Phi) is 6.97. The third-order valence-corrected chi connectivity index (χ3v) is 8.67. The summed E-state index contributed by atoms with van der Waals surface area (Å²) in [4.78, 5) is 13.2. The summed E-state index contributed by atoms with van der Waals surface area (Å²) < 4.78 is 69.9. The molecule has 4 aromatic rings. The number of hydrogen-bond donors (Lipinski definition) is 1. The predicted molar refractivity (Wildman–Crippen MR) is 135 cm³/mol. The normalized spacial score (nSPS) is 15.6. The molecule has 0 saturated carbocycles. The number of pyridine rings is 1. The van der Waals surface area contributed by atoms with Gasteiger partial charge in [0.1, 0.15) is 0 Å². The molecule has 0 radical (unpaired) electrons. The van der Waals surface area contributed by atoms with Gasteiger partial charge in [-0.25, -0.2) is 12.9 Å². The lowest BCUT2D eigenvalue weighted by molar-refractivity contribution is -0.141. The molecule has 0 atom stereocenters. The number of rotatable bonds is 6. The van der Waals surface area contributed by atoms with Crippen LogP contribution in [0.2, 0.25) is 0 Å². The SMILES string of the molecule is O=C(NCc1ccccc1)c1c(C(F)(F)F)nn2ccc(C3CCN(S(=O)(=O)c4ccccc4)CC3)cc12. The van der Waals surface area contributed by atoms with E-state index in [9.17, 15) is 26.4 Å². The molecule has 1 amide bonds. The molecular formula is C27H25F3N4O3S. The molecule has 3 heterocycles. The number of carbonyl (C=O) groups is 1. The Labute approximate surface area is 217 Å². The Morgan fingerprint density at radius 1 is 0.974 bits per heavy atom. The van der Waals surface area contributed by atoms with Gasteiger partial charge in [0.05, 0.1) is 16.0 Å². The van der Waals surface area contributed by atoms with E-state index in [-0.39, 0.29) is 36.0 Å². The molecule has 198 valence electrons. The molecular weight excluding hydrogens is 517 g/mol. The lowest BCUT2D eigenvalue weighted by Gasteiger charge is -2.31. The van der Waals surface area contributed by atoms with Crippen molar-refractivity contribution < 1.29 is 26.4 Å². The number of aromatic nitrogens is 2. The minimum atomic E-state index is -4.82. The molecule has 38 heavy (non-hydrogen) atoms. The maximum absolute atomic E-state index is 13.8. The molecule has 1 N–H and O–H groups in total. The molecule has 1 aliphatic rings. The smallest absolute Gasteiger partial charge is 0.348 e. The number of piperidine rings is 1. The zero-order valence-electron chi connectivity index (χ0n) is 20.2. The number of nitrogens with one attached hydrogen (secondary N) is 1. The average Bonchev–Trinajstić information content (AvgIpc) is 3.33. The monoisotopic (exact) mass is 542 g/mol. The highest BCUT2D eigenvalue weighted by Gasteiger charge is 2.40. The van der Waals surface area contributed by atoms with Crippen LogP contribution in [0.3, 0.4) is 0 Å². The van der Waals surface area contributed by atoms with Gasteiger partial charge in [0, 0.05) is 25.8 Å². The van der Waals surface area contributed by atoms with Gasteiger partial charge in [-0.05, 0) is 54.2 Å². The lowest BCUT2D eigenvalue weighted by atomic mass is 9.90. The van der Waals surface area contributed by atoms with Crippen molar-refractivity contribution >= 4 is 21.4 Å². The Bertz CT molecular complexity index is 1550. The van der Waals surface area contributed by atoms with Gasteiger partial charge in [0.25, 0.3) is 5.91 Å². The summed E-state index contributed by atoms with van der Waals surface area (Å²) in [6.45, 7) is 0.636. The highest BCUT2D eigenvalue weighted by molar-refractivity contribution is 7.89. The van der Waals surface area contributed by atoms with E-state index in [0.29, 0.717) is 12.8 Å². The fraction of sp³-hybridized carbons (Fsp3) is 0.259. The highest BCUT2D eigenvalue weighted by atomic mass is 32.2. The van der Waals surface area contributed by atoms with E-state index in [1.165, 1.54) is 10.5 Å². The molecule has 0 aliphatic carbocycles. The number of carbonyl (C=O) groups excluding carboxylic acids is 1. The predicted octanol–water partition coefficient (Wildman–Crippen LogP) is 4.85. The first kappa shape index (κ1) is 25.9. The number of fused-ring (bicyclic) bond motifs is 1. The van der Waals surface area contributed by atoms with E-state index in [1.54, 1.807) is 72.8 Å². The van der Waals surface area contributed by atoms with Crippen LogP contribution < -0.4 is 5.32 Å². The Balaban J connectivity index is 1.40. The number of nitrogens with zero attached hydrogens (tertiary/aromatic N) is 3. The van der Waals surface area contributed by atoms with Crippen molar-refractivity contribution in [3.8, 4) is 0 Å². The second kappa shape index (κ2) is 10.2. The van der Waals surface area contributed by atoms with Crippen molar-refractivity contribution in [3.05, 3.63) is 101 Å². The fourth-order valence-electron chi connectivity index (χ4n) is 4.78. The van der Waals surface area contributed by atoms with Crippen molar-refractivity contribution in [2.24, 2.45) is 0 Å². The van der Waals surface area contributed by atoms with Crippen LogP contribution in [-0.4, -0.2) is 41.3 Å². The first-order chi connectivity index (χ1) is 18.1. The molecule has 2 aromatic heterocycles. The maximum atomic E-state index is 13.8. The lowest BCUT2D eigenvalue weighted by Crippen LogP contribution is -2.37. The molecule has 1 fully saturated rings. The molecule has 7 nitrogen and oxygen atoms in total. The van der Waals surface area contributed by atoms with Crippen LogP contribution in [0.25, 0.3) is 5.52 Å². The van der Waals surface area contributed by atoms with Gasteiger partial charge >= 0.3 is 6.18 Å². The van der Waals surface area contributed by atoms with Crippen LogP contribution in [0.5, 0.6) is 0 Å². The first-order valence-electron chi connectivity index (χ1n) is 12.1. The number of alkyl halides is 3. The molecule has 5 rings (SSSR count). The van der Waals surface area contributed by atoms with Crippen molar-refractivity contribution in [1.29, 1.82) is 0 Å². The Morgan fingerprint density at radius 2 is 1.61 bits per heavy atom. The average molecular weight is 543 g/mol. The van der Waals surface area contributed by atoms with E-state index in [1.807, 2.05) is 0 Å².